The van der Waals surface area contributed by atoms with Crippen molar-refractivity contribution in [3.8, 4) is 0 Å². The summed E-state index contributed by atoms with van der Waals surface area (Å²) in [6, 6.07) is 8.56. The van der Waals surface area contributed by atoms with E-state index >= 15 is 0 Å². The summed E-state index contributed by atoms with van der Waals surface area (Å²) >= 11 is 0. The van der Waals surface area contributed by atoms with Gasteiger partial charge in [-0.15, -0.1) is 0 Å². The predicted octanol–water partition coefficient (Wildman–Crippen LogP) is 3.52. The van der Waals surface area contributed by atoms with Gasteiger partial charge < -0.3 is 4.74 Å². The highest BCUT2D eigenvalue weighted by atomic mass is 16.5. The molecule has 98 valence electrons. The number of hydrogen-bond donors (Lipinski definition) is 0. The van der Waals surface area contributed by atoms with Crippen LogP contribution in [-0.2, 0) is 22.4 Å². The fourth-order valence-electron chi connectivity index (χ4n) is 2.57. The third-order valence-corrected chi connectivity index (χ3v) is 3.67. The molecule has 0 saturated carbocycles. The summed E-state index contributed by atoms with van der Waals surface area (Å²) in [6.07, 6.45) is 5.86. The summed E-state index contributed by atoms with van der Waals surface area (Å²) in [4.78, 5) is 11.7. The molecular formula is C16H22O2. The molecular weight excluding hydrogens is 224 g/mol. The first-order valence-electron chi connectivity index (χ1n) is 7.02. The molecule has 0 N–H and O–H groups in total. The minimum absolute atomic E-state index is 0.0205. The number of unbranched alkanes of at least 4 members (excludes halogenated alkanes) is 1. The molecule has 2 nitrogen and oxygen atoms in total. The third kappa shape index (κ3) is 3.59. The van der Waals surface area contributed by atoms with Crippen LogP contribution in [0.1, 0.15) is 43.7 Å². The average Bonchev–Trinajstić information content (AvgIpc) is 2.39. The lowest BCUT2D eigenvalue weighted by Gasteiger charge is -2.23. The highest BCUT2D eigenvalue weighted by Gasteiger charge is 2.21. The Balaban J connectivity index is 1.80. The van der Waals surface area contributed by atoms with Gasteiger partial charge in [0.05, 0.1) is 6.61 Å². The Morgan fingerprint density at radius 3 is 2.89 bits per heavy atom. The van der Waals surface area contributed by atoms with E-state index in [0.717, 1.165) is 32.1 Å². The number of rotatable bonds is 5. The lowest BCUT2D eigenvalue weighted by Crippen LogP contribution is -2.19. The Kier molecular flexibility index (Phi) is 4.80. The van der Waals surface area contributed by atoms with Crippen LogP contribution in [0, 0.1) is 5.92 Å². The maximum Gasteiger partial charge on any atom is 0.306 e. The van der Waals surface area contributed by atoms with Crippen molar-refractivity contribution in [2.75, 3.05) is 6.61 Å². The van der Waals surface area contributed by atoms with Crippen molar-refractivity contribution in [1.29, 1.82) is 0 Å². The van der Waals surface area contributed by atoms with Gasteiger partial charge in [-0.2, -0.15) is 0 Å². The fraction of sp³-hybridized carbons (Fsp3) is 0.562. The zero-order chi connectivity index (χ0) is 12.8. The van der Waals surface area contributed by atoms with Gasteiger partial charge in [0.1, 0.15) is 0 Å². The van der Waals surface area contributed by atoms with E-state index in [2.05, 4.69) is 31.2 Å². The molecule has 0 saturated heterocycles. The van der Waals surface area contributed by atoms with Crippen molar-refractivity contribution < 1.29 is 9.53 Å². The molecule has 2 rings (SSSR count). The van der Waals surface area contributed by atoms with E-state index in [0.29, 0.717) is 18.9 Å². The van der Waals surface area contributed by atoms with Crippen LogP contribution in [0.5, 0.6) is 0 Å². The summed E-state index contributed by atoms with van der Waals surface area (Å²) in [5.74, 6) is 0.446. The Bertz CT molecular complexity index is 398. The van der Waals surface area contributed by atoms with Gasteiger partial charge in [0.25, 0.3) is 0 Å². The molecule has 0 fully saturated rings. The van der Waals surface area contributed by atoms with Crippen molar-refractivity contribution in [2.45, 2.75) is 45.4 Å². The first-order chi connectivity index (χ1) is 8.79. The minimum atomic E-state index is -0.0205. The number of hydrogen-bond acceptors (Lipinski definition) is 2. The molecule has 0 radical (unpaired) electrons. The largest absolute Gasteiger partial charge is 0.466 e. The van der Waals surface area contributed by atoms with Crippen LogP contribution in [0.2, 0.25) is 0 Å². The number of aryl methyl sites for hydroxylation is 1. The van der Waals surface area contributed by atoms with Crippen LogP contribution < -0.4 is 0 Å². The molecule has 1 aliphatic rings. The van der Waals surface area contributed by atoms with Crippen LogP contribution in [0.15, 0.2) is 24.3 Å². The Hall–Kier alpha value is -1.31. The van der Waals surface area contributed by atoms with Crippen molar-refractivity contribution in [3.63, 3.8) is 0 Å². The van der Waals surface area contributed by atoms with Gasteiger partial charge in [0.15, 0.2) is 0 Å². The van der Waals surface area contributed by atoms with Crippen molar-refractivity contribution in [1.82, 2.24) is 0 Å². The molecule has 1 atom stereocenters. The van der Waals surface area contributed by atoms with Gasteiger partial charge in [-0.1, -0.05) is 37.6 Å². The summed E-state index contributed by atoms with van der Waals surface area (Å²) in [5, 5.41) is 0. The molecule has 0 heterocycles. The van der Waals surface area contributed by atoms with E-state index in [-0.39, 0.29) is 5.97 Å². The van der Waals surface area contributed by atoms with E-state index < -0.39 is 0 Å². The molecule has 0 bridgehead atoms. The number of fused-ring (bicyclic) bond motifs is 1. The lowest BCUT2D eigenvalue weighted by atomic mass is 9.82. The molecule has 1 aromatic carbocycles. The topological polar surface area (TPSA) is 26.3 Å². The monoisotopic (exact) mass is 246 g/mol. The number of benzene rings is 1. The van der Waals surface area contributed by atoms with Gasteiger partial charge >= 0.3 is 5.97 Å². The Labute approximate surface area is 109 Å². The molecule has 0 spiro atoms. The first kappa shape index (κ1) is 13.1. The number of carbonyl (C=O) groups excluding carboxylic acids is 1. The maximum atomic E-state index is 11.7. The maximum absolute atomic E-state index is 11.7. The molecule has 18 heavy (non-hydrogen) atoms. The van der Waals surface area contributed by atoms with E-state index in [4.69, 9.17) is 4.74 Å². The summed E-state index contributed by atoms with van der Waals surface area (Å²) in [6.45, 7) is 2.69. The van der Waals surface area contributed by atoms with Gasteiger partial charge in [-0.3, -0.25) is 4.79 Å². The van der Waals surface area contributed by atoms with Gasteiger partial charge in [0, 0.05) is 6.42 Å². The smallest absolute Gasteiger partial charge is 0.306 e. The zero-order valence-electron chi connectivity index (χ0n) is 11.2. The third-order valence-electron chi connectivity index (χ3n) is 3.67. The van der Waals surface area contributed by atoms with E-state index in [1.165, 1.54) is 11.1 Å². The second-order valence-corrected chi connectivity index (χ2v) is 5.16. The number of ether oxygens (including phenoxy) is 1. The summed E-state index contributed by atoms with van der Waals surface area (Å²) in [5.41, 5.74) is 2.86. The SMILES string of the molecule is CCCCOC(=O)CC1CCc2ccccc2C1. The summed E-state index contributed by atoms with van der Waals surface area (Å²) in [7, 11) is 0. The van der Waals surface area contributed by atoms with Crippen molar-refractivity contribution in [3.05, 3.63) is 35.4 Å². The lowest BCUT2D eigenvalue weighted by molar-refractivity contribution is -0.145. The minimum Gasteiger partial charge on any atom is -0.466 e. The second-order valence-electron chi connectivity index (χ2n) is 5.16. The Morgan fingerprint density at radius 1 is 1.33 bits per heavy atom. The van der Waals surface area contributed by atoms with E-state index in [1.807, 2.05) is 0 Å². The average molecular weight is 246 g/mol. The van der Waals surface area contributed by atoms with Crippen LogP contribution in [0.3, 0.4) is 0 Å². The zero-order valence-corrected chi connectivity index (χ0v) is 11.2. The van der Waals surface area contributed by atoms with Gasteiger partial charge in [0.2, 0.25) is 0 Å². The van der Waals surface area contributed by atoms with E-state index in [9.17, 15) is 4.79 Å². The first-order valence-corrected chi connectivity index (χ1v) is 7.02. The molecule has 0 aromatic heterocycles. The van der Waals surface area contributed by atoms with Gasteiger partial charge in [-0.05, 0) is 42.7 Å². The molecule has 1 aliphatic carbocycles. The van der Waals surface area contributed by atoms with Crippen molar-refractivity contribution >= 4 is 5.97 Å². The molecule has 2 heteroatoms. The predicted molar refractivity (Wildman–Crippen MR) is 72.4 cm³/mol. The van der Waals surface area contributed by atoms with E-state index in [1.54, 1.807) is 0 Å². The molecule has 0 amide bonds. The van der Waals surface area contributed by atoms with Gasteiger partial charge in [-0.25, -0.2) is 0 Å². The molecule has 0 aliphatic heterocycles. The quantitative estimate of drug-likeness (QED) is 0.587. The standard InChI is InChI=1S/C16H22O2/c1-2-3-10-18-16(17)12-13-8-9-14-6-4-5-7-15(14)11-13/h4-7,13H,2-3,8-12H2,1H3. The second kappa shape index (κ2) is 6.58. The van der Waals surface area contributed by atoms with Crippen LogP contribution >= 0.6 is 0 Å². The summed E-state index contributed by atoms with van der Waals surface area (Å²) < 4.78 is 5.23. The number of esters is 1. The molecule has 1 unspecified atom stereocenters. The highest BCUT2D eigenvalue weighted by molar-refractivity contribution is 5.69. The Morgan fingerprint density at radius 2 is 2.11 bits per heavy atom. The van der Waals surface area contributed by atoms with Crippen LogP contribution in [0.4, 0.5) is 0 Å². The normalized spacial score (nSPS) is 18.2. The number of carbonyl (C=O) groups is 1. The van der Waals surface area contributed by atoms with Crippen molar-refractivity contribution in [2.24, 2.45) is 5.92 Å². The molecule has 1 aromatic rings. The highest BCUT2D eigenvalue weighted by Crippen LogP contribution is 2.27. The fourth-order valence-corrected chi connectivity index (χ4v) is 2.57. The van der Waals surface area contributed by atoms with Crippen LogP contribution in [0.25, 0.3) is 0 Å². The van der Waals surface area contributed by atoms with Crippen LogP contribution in [-0.4, -0.2) is 12.6 Å².